The Hall–Kier alpha value is -5.19. The second kappa shape index (κ2) is 17.3. The van der Waals surface area contributed by atoms with Crippen molar-refractivity contribution in [1.82, 2.24) is 30.5 Å². The van der Waals surface area contributed by atoms with Gasteiger partial charge in [-0.3, -0.25) is 19.3 Å². The molecule has 0 radical (unpaired) electrons. The van der Waals surface area contributed by atoms with Gasteiger partial charge < -0.3 is 30.9 Å². The standard InChI is InChI=1S/C41H52FN7O8S/c1-2-27-22-41(27)38(52)47-58(55,56)35-19-10-9-17-32(35)43-20-11-5-3-4-6-18-33(45-39(53)44-28-14-7-8-15-28)37(51)49-24-29(21-34(49)36(50)46-41)57-40(54)48-23-26-13-12-16-31(42)30(26)25-48/h2,9-10,12-13,16-17,19,27-29,33-34,43H,1,3-8,11,14-15,18,20-25H2,(H,46,50)(H,47,52)(H2,44,45,53)/t27-,29-,33+,34+,41-/m1/s1. The highest BCUT2D eigenvalue weighted by atomic mass is 32.2. The molecule has 6 amide bonds. The van der Waals surface area contributed by atoms with Gasteiger partial charge in [0.15, 0.2) is 0 Å². The van der Waals surface area contributed by atoms with Crippen LogP contribution in [0.5, 0.6) is 0 Å². The molecule has 3 fully saturated rings. The van der Waals surface area contributed by atoms with Crippen LogP contribution in [-0.4, -0.2) is 90.9 Å². The van der Waals surface area contributed by atoms with Gasteiger partial charge in [-0.25, -0.2) is 27.1 Å². The van der Waals surface area contributed by atoms with E-state index in [1.54, 1.807) is 30.3 Å². The van der Waals surface area contributed by atoms with Crippen LogP contribution in [0.2, 0.25) is 0 Å². The van der Waals surface area contributed by atoms with Gasteiger partial charge >= 0.3 is 12.1 Å². The Bertz CT molecular complexity index is 2040. The van der Waals surface area contributed by atoms with Crippen LogP contribution in [0.4, 0.5) is 19.7 Å². The monoisotopic (exact) mass is 821 g/mol. The Labute approximate surface area is 337 Å². The lowest BCUT2D eigenvalue weighted by atomic mass is 10.0. The van der Waals surface area contributed by atoms with Crippen LogP contribution in [0.3, 0.4) is 0 Å². The first-order chi connectivity index (χ1) is 27.9. The van der Waals surface area contributed by atoms with Gasteiger partial charge in [0.05, 0.1) is 18.8 Å². The Morgan fingerprint density at radius 3 is 2.43 bits per heavy atom. The molecule has 2 aromatic carbocycles. The van der Waals surface area contributed by atoms with Crippen molar-refractivity contribution in [1.29, 1.82) is 0 Å². The first-order valence-corrected chi connectivity index (χ1v) is 21.8. The Morgan fingerprint density at radius 1 is 0.931 bits per heavy atom. The number of anilines is 1. The molecular formula is C41H52FN7O8S. The average molecular weight is 822 g/mol. The number of nitrogens with one attached hydrogen (secondary N) is 5. The molecule has 312 valence electrons. The number of hydrogen-bond donors (Lipinski definition) is 5. The summed E-state index contributed by atoms with van der Waals surface area (Å²) in [7, 11) is -4.41. The summed E-state index contributed by atoms with van der Waals surface area (Å²) >= 11 is 0. The molecular weight excluding hydrogens is 770 g/mol. The van der Waals surface area contributed by atoms with E-state index in [9.17, 15) is 36.8 Å². The lowest BCUT2D eigenvalue weighted by Crippen LogP contribution is -2.58. The number of urea groups is 1. The minimum absolute atomic E-state index is 0.00770. The van der Waals surface area contributed by atoms with E-state index in [-0.39, 0.29) is 49.8 Å². The first kappa shape index (κ1) is 41.0. The lowest BCUT2D eigenvalue weighted by molar-refractivity contribution is -0.141. The molecule has 58 heavy (non-hydrogen) atoms. The largest absolute Gasteiger partial charge is 0.444 e. The first-order valence-electron chi connectivity index (χ1n) is 20.3. The molecule has 7 rings (SSSR count). The summed E-state index contributed by atoms with van der Waals surface area (Å²) in [5.41, 5.74) is -0.323. The number of benzene rings is 2. The molecule has 3 aliphatic heterocycles. The zero-order chi connectivity index (χ0) is 41.0. The van der Waals surface area contributed by atoms with Crippen LogP contribution in [0.1, 0.15) is 88.2 Å². The molecule has 17 heteroatoms. The molecule has 1 saturated heterocycles. The fraction of sp³-hybridized carbons (Fsp3) is 0.537. The number of rotatable bonds is 4. The van der Waals surface area contributed by atoms with Gasteiger partial charge in [-0.05, 0) is 55.9 Å². The van der Waals surface area contributed by atoms with E-state index in [0.717, 1.165) is 51.4 Å². The van der Waals surface area contributed by atoms with Crippen molar-refractivity contribution in [3.8, 4) is 0 Å². The number of sulfonamides is 1. The van der Waals surface area contributed by atoms with Crippen LogP contribution < -0.4 is 26.0 Å². The van der Waals surface area contributed by atoms with E-state index in [1.165, 1.54) is 28.0 Å². The number of carbonyl (C=O) groups is 5. The van der Waals surface area contributed by atoms with Crippen LogP contribution >= 0.6 is 0 Å². The zero-order valence-corrected chi connectivity index (χ0v) is 33.3. The summed E-state index contributed by atoms with van der Waals surface area (Å²) in [4.78, 5) is 72.2. The van der Waals surface area contributed by atoms with Crippen molar-refractivity contribution < 1.29 is 41.5 Å². The van der Waals surface area contributed by atoms with Gasteiger partial charge in [-0.1, -0.05) is 68.9 Å². The molecule has 5 aliphatic rings. The topological polar surface area (TPSA) is 195 Å². The molecule has 1 spiro atoms. The fourth-order valence-electron chi connectivity index (χ4n) is 8.69. The maximum absolute atomic E-state index is 14.6. The summed E-state index contributed by atoms with van der Waals surface area (Å²) in [6.07, 6.45) is 7.31. The number of amides is 6. The molecule has 3 heterocycles. The summed E-state index contributed by atoms with van der Waals surface area (Å²) in [5, 5.41) is 11.8. The maximum Gasteiger partial charge on any atom is 0.410 e. The lowest BCUT2D eigenvalue weighted by Gasteiger charge is -2.30. The van der Waals surface area contributed by atoms with Gasteiger partial charge in [0.25, 0.3) is 15.9 Å². The van der Waals surface area contributed by atoms with Crippen molar-refractivity contribution in [3.05, 3.63) is 72.1 Å². The Balaban J connectivity index is 1.16. The predicted molar refractivity (Wildman–Crippen MR) is 211 cm³/mol. The van der Waals surface area contributed by atoms with Crippen LogP contribution in [0.15, 0.2) is 60.0 Å². The van der Waals surface area contributed by atoms with Gasteiger partial charge in [0.2, 0.25) is 11.8 Å². The number of nitrogens with zero attached hydrogens (tertiary/aromatic N) is 2. The summed E-state index contributed by atoms with van der Waals surface area (Å²) in [6, 6.07) is 8.11. The van der Waals surface area contributed by atoms with E-state index < -0.39 is 75.3 Å². The minimum atomic E-state index is -4.41. The average Bonchev–Trinajstić information content (AvgIpc) is 3.59. The smallest absolute Gasteiger partial charge is 0.410 e. The van der Waals surface area contributed by atoms with Crippen molar-refractivity contribution in [2.75, 3.05) is 18.4 Å². The third-order valence-corrected chi connectivity index (χ3v) is 13.4. The third kappa shape index (κ3) is 8.93. The Kier molecular flexibility index (Phi) is 12.3. The van der Waals surface area contributed by atoms with Crippen molar-refractivity contribution >= 4 is 45.6 Å². The van der Waals surface area contributed by atoms with Gasteiger partial charge in [0, 0.05) is 37.0 Å². The van der Waals surface area contributed by atoms with Crippen LogP contribution in [-0.2, 0) is 42.2 Å². The second-order valence-electron chi connectivity index (χ2n) is 16.1. The summed E-state index contributed by atoms with van der Waals surface area (Å²) in [5.74, 6) is -3.33. The quantitative estimate of drug-likeness (QED) is 0.281. The number of halogens is 1. The van der Waals surface area contributed by atoms with E-state index >= 15 is 0 Å². The van der Waals surface area contributed by atoms with E-state index in [2.05, 4.69) is 32.6 Å². The SMILES string of the molecule is C=C[C@@H]1C[C@@]12NC(=O)[C@@H]1C[C@@H](OC(=O)N3Cc4cccc(F)c4C3)CN1C(=O)[C@@H](NC(=O)NC1CCCC1)CCCCCCCNc1ccccc1S(=O)(=O)NC2=O. The van der Waals surface area contributed by atoms with Crippen molar-refractivity contribution in [2.24, 2.45) is 5.92 Å². The number of para-hydroxylation sites is 1. The van der Waals surface area contributed by atoms with Gasteiger partial charge in [-0.2, -0.15) is 0 Å². The van der Waals surface area contributed by atoms with Gasteiger partial charge in [-0.15, -0.1) is 6.58 Å². The summed E-state index contributed by atoms with van der Waals surface area (Å²) < 4.78 is 50.0. The number of hydrogen-bond acceptors (Lipinski definition) is 9. The third-order valence-electron chi connectivity index (χ3n) is 12.0. The number of fused-ring (bicyclic) bond motifs is 3. The summed E-state index contributed by atoms with van der Waals surface area (Å²) in [6.45, 7) is 4.19. The van der Waals surface area contributed by atoms with E-state index in [1.807, 2.05) is 0 Å². The Morgan fingerprint density at radius 2 is 1.67 bits per heavy atom. The number of ether oxygens (including phenoxy) is 1. The minimum Gasteiger partial charge on any atom is -0.444 e. The van der Waals surface area contributed by atoms with Crippen LogP contribution in [0, 0.1) is 11.7 Å². The molecule has 0 unspecified atom stereocenters. The van der Waals surface area contributed by atoms with E-state index in [0.29, 0.717) is 29.8 Å². The normalized spacial score (nSPS) is 27.9. The predicted octanol–water partition coefficient (Wildman–Crippen LogP) is 4.19. The highest BCUT2D eigenvalue weighted by Crippen LogP contribution is 2.45. The molecule has 0 aromatic heterocycles. The van der Waals surface area contributed by atoms with E-state index in [4.69, 9.17) is 4.74 Å². The molecule has 5 N–H and O–H groups in total. The molecule has 2 saturated carbocycles. The van der Waals surface area contributed by atoms with Gasteiger partial charge in [0.1, 0.15) is 34.4 Å². The molecule has 0 bridgehead atoms. The second-order valence-corrected chi connectivity index (χ2v) is 17.7. The molecule has 15 nitrogen and oxygen atoms in total. The number of carbonyl (C=O) groups excluding carboxylic acids is 5. The molecule has 2 aliphatic carbocycles. The van der Waals surface area contributed by atoms with Crippen molar-refractivity contribution in [2.45, 2.75) is 125 Å². The van der Waals surface area contributed by atoms with Crippen molar-refractivity contribution in [3.63, 3.8) is 0 Å². The highest BCUT2D eigenvalue weighted by Gasteiger charge is 2.61. The fourth-order valence-corrected chi connectivity index (χ4v) is 9.92. The van der Waals surface area contributed by atoms with Crippen LogP contribution in [0.25, 0.3) is 0 Å². The highest BCUT2D eigenvalue weighted by molar-refractivity contribution is 7.90. The molecule has 2 aromatic rings. The molecule has 5 atom stereocenters. The maximum atomic E-state index is 14.6. The zero-order valence-electron chi connectivity index (χ0n) is 32.5.